The maximum Gasteiger partial charge on any atom is 0.311 e. The third kappa shape index (κ3) is 16.5. The zero-order valence-electron chi connectivity index (χ0n) is 37.3. The molecule has 1 amide bonds. The molecule has 0 saturated carbocycles. The van der Waals surface area contributed by atoms with Gasteiger partial charge < -0.3 is 38.8 Å². The first-order chi connectivity index (χ1) is 26.7. The minimum absolute atomic E-state index is 0.0233. The lowest BCUT2D eigenvalue weighted by Crippen LogP contribution is -2.47. The second-order valence-electron chi connectivity index (χ2n) is 18.8. The van der Waals surface area contributed by atoms with Gasteiger partial charge in [-0.05, 0) is 90.9 Å². The maximum absolute atomic E-state index is 14.3. The van der Waals surface area contributed by atoms with Crippen LogP contribution in [0.3, 0.4) is 0 Å². The standard InChI is InChI=1S/C43H73NO14/c1-26(2)21-55-36(49)30(8)33(37(50)56-22-27(3)4)20-42(11,40(53)57-23-28(5)6)19-32(44-16-14-15-34(44)46)17-31(35(47)48)18-43(12,39(52)54-13)25-41(9,10)38(51)58-24-29(7)45/h26-33,45H,14-25H2,1-13H3,(H,47,48). The van der Waals surface area contributed by atoms with E-state index in [1.807, 2.05) is 41.5 Å². The first-order valence-electron chi connectivity index (χ1n) is 20.7. The van der Waals surface area contributed by atoms with Crippen molar-refractivity contribution in [2.75, 3.05) is 40.1 Å². The van der Waals surface area contributed by atoms with Gasteiger partial charge in [0.15, 0.2) is 0 Å². The van der Waals surface area contributed by atoms with Gasteiger partial charge in [0.25, 0.3) is 0 Å². The zero-order chi connectivity index (χ0) is 44.8. The average molecular weight is 828 g/mol. The van der Waals surface area contributed by atoms with Crippen LogP contribution in [0.5, 0.6) is 0 Å². The molecule has 1 aliphatic rings. The van der Waals surface area contributed by atoms with E-state index in [0.717, 1.165) is 7.11 Å². The molecule has 7 unspecified atom stereocenters. The van der Waals surface area contributed by atoms with E-state index >= 15 is 0 Å². The van der Waals surface area contributed by atoms with E-state index in [0.29, 0.717) is 6.42 Å². The van der Waals surface area contributed by atoms with E-state index in [1.165, 1.54) is 13.8 Å². The number of likely N-dealkylation sites (tertiary alicyclic amines) is 1. The summed E-state index contributed by atoms with van der Waals surface area (Å²) < 4.78 is 27.4. The van der Waals surface area contributed by atoms with Gasteiger partial charge in [-0.2, -0.15) is 0 Å². The van der Waals surface area contributed by atoms with Crippen LogP contribution in [0.1, 0.15) is 128 Å². The number of nitrogens with zero attached hydrogens (tertiary/aromatic N) is 1. The van der Waals surface area contributed by atoms with Crippen molar-refractivity contribution in [1.82, 2.24) is 4.90 Å². The molecule has 1 rings (SSSR count). The number of methoxy groups -OCH3 is 1. The minimum atomic E-state index is -1.55. The Bertz CT molecular complexity index is 1410. The summed E-state index contributed by atoms with van der Waals surface area (Å²) in [6, 6.07) is -0.894. The van der Waals surface area contributed by atoms with E-state index in [2.05, 4.69) is 0 Å². The number of aliphatic carboxylic acids is 1. The number of rotatable bonds is 26. The molecule has 0 spiro atoms. The van der Waals surface area contributed by atoms with Crippen LogP contribution >= 0.6 is 0 Å². The predicted molar refractivity (Wildman–Crippen MR) is 214 cm³/mol. The van der Waals surface area contributed by atoms with Crippen LogP contribution in [-0.4, -0.2) is 109 Å². The first kappa shape index (κ1) is 52.3. The zero-order valence-corrected chi connectivity index (χ0v) is 37.3. The number of esters is 5. The molecule has 334 valence electrons. The lowest BCUT2D eigenvalue weighted by molar-refractivity contribution is -0.168. The highest BCUT2D eigenvalue weighted by molar-refractivity contribution is 5.84. The molecule has 0 aromatic carbocycles. The van der Waals surface area contributed by atoms with Crippen LogP contribution < -0.4 is 0 Å². The van der Waals surface area contributed by atoms with Crippen LogP contribution in [0, 0.1) is 51.8 Å². The molecule has 0 aromatic heterocycles. The van der Waals surface area contributed by atoms with E-state index < -0.39 is 82.0 Å². The number of carbonyl (C=O) groups excluding carboxylic acids is 6. The van der Waals surface area contributed by atoms with E-state index in [4.69, 9.17) is 23.7 Å². The fourth-order valence-electron chi connectivity index (χ4n) is 7.47. The number of aliphatic hydroxyl groups excluding tert-OH is 1. The normalized spacial score (nSPS) is 18.1. The molecule has 7 atom stereocenters. The summed E-state index contributed by atoms with van der Waals surface area (Å²) in [5.74, 6) is -8.56. The predicted octanol–water partition coefficient (Wildman–Crippen LogP) is 5.61. The third-order valence-electron chi connectivity index (χ3n) is 10.5. The van der Waals surface area contributed by atoms with Crippen molar-refractivity contribution in [2.24, 2.45) is 51.8 Å². The summed E-state index contributed by atoms with van der Waals surface area (Å²) in [5, 5.41) is 20.4. The number of ether oxygens (including phenoxy) is 5. The van der Waals surface area contributed by atoms with Crippen molar-refractivity contribution < 1.29 is 67.5 Å². The summed E-state index contributed by atoms with van der Waals surface area (Å²) in [7, 11) is 1.16. The summed E-state index contributed by atoms with van der Waals surface area (Å²) in [6.07, 6.45) is -1.30. The van der Waals surface area contributed by atoms with Crippen LogP contribution in [0.2, 0.25) is 0 Å². The van der Waals surface area contributed by atoms with Crippen LogP contribution in [0.25, 0.3) is 0 Å². The van der Waals surface area contributed by atoms with Gasteiger partial charge in [0.2, 0.25) is 5.91 Å². The Morgan fingerprint density at radius 3 is 1.67 bits per heavy atom. The number of hydrogen-bond donors (Lipinski definition) is 2. The van der Waals surface area contributed by atoms with Gasteiger partial charge in [-0.15, -0.1) is 0 Å². The number of carbonyl (C=O) groups is 7. The highest BCUT2D eigenvalue weighted by Crippen LogP contribution is 2.44. The maximum atomic E-state index is 14.3. The number of aliphatic hydroxyl groups is 1. The quantitative estimate of drug-likeness (QED) is 0.0802. The Balaban J connectivity index is 3.83. The SMILES string of the molecule is COC(=O)C(C)(CC(CC(CC(C)(CC(C(=O)OCC(C)C)C(C)C(=O)OCC(C)C)C(=O)OCC(C)C)N1CCCC1=O)C(=O)O)CC(C)(C)C(=O)OCC(C)O. The van der Waals surface area contributed by atoms with Gasteiger partial charge in [-0.1, -0.05) is 48.5 Å². The molecular formula is C43H73NO14. The van der Waals surface area contributed by atoms with Crippen molar-refractivity contribution in [3.63, 3.8) is 0 Å². The van der Waals surface area contributed by atoms with E-state index in [9.17, 15) is 43.8 Å². The summed E-state index contributed by atoms with van der Waals surface area (Å²) in [6.45, 7) is 20.6. The summed E-state index contributed by atoms with van der Waals surface area (Å²) >= 11 is 0. The number of hydrogen-bond acceptors (Lipinski definition) is 13. The Kier molecular flexibility index (Phi) is 20.9. The van der Waals surface area contributed by atoms with Crippen molar-refractivity contribution in [3.8, 4) is 0 Å². The Morgan fingerprint density at radius 2 is 1.21 bits per heavy atom. The van der Waals surface area contributed by atoms with E-state index in [-0.39, 0.29) is 95.2 Å². The van der Waals surface area contributed by atoms with Crippen LogP contribution in [-0.2, 0) is 57.2 Å². The second kappa shape index (κ2) is 23.1. The highest BCUT2D eigenvalue weighted by Gasteiger charge is 2.50. The molecule has 0 aliphatic carbocycles. The van der Waals surface area contributed by atoms with Gasteiger partial charge in [0.1, 0.15) is 6.61 Å². The molecule has 1 heterocycles. The summed E-state index contributed by atoms with van der Waals surface area (Å²) in [4.78, 5) is 96.2. The van der Waals surface area contributed by atoms with Crippen molar-refractivity contribution in [3.05, 3.63) is 0 Å². The molecule has 0 aromatic rings. The van der Waals surface area contributed by atoms with E-state index in [1.54, 1.807) is 32.6 Å². The molecule has 15 heteroatoms. The average Bonchev–Trinajstić information content (AvgIpc) is 3.56. The Morgan fingerprint density at radius 1 is 0.690 bits per heavy atom. The lowest BCUT2D eigenvalue weighted by atomic mass is 9.68. The van der Waals surface area contributed by atoms with Gasteiger partial charge in [0, 0.05) is 19.0 Å². The van der Waals surface area contributed by atoms with Crippen molar-refractivity contribution in [1.29, 1.82) is 0 Å². The van der Waals surface area contributed by atoms with Crippen LogP contribution in [0.15, 0.2) is 0 Å². The summed E-state index contributed by atoms with van der Waals surface area (Å²) in [5.41, 5.74) is -4.40. The van der Waals surface area contributed by atoms with Crippen molar-refractivity contribution >= 4 is 41.7 Å². The molecule has 1 fully saturated rings. The van der Waals surface area contributed by atoms with Gasteiger partial charge in [-0.3, -0.25) is 33.6 Å². The third-order valence-corrected chi connectivity index (χ3v) is 10.5. The second-order valence-corrected chi connectivity index (χ2v) is 18.8. The van der Waals surface area contributed by atoms with Gasteiger partial charge >= 0.3 is 35.8 Å². The molecular weight excluding hydrogens is 754 g/mol. The number of carboxylic acid groups (broad SMARTS) is 1. The Labute approximate surface area is 345 Å². The first-order valence-corrected chi connectivity index (χ1v) is 20.7. The van der Waals surface area contributed by atoms with Gasteiger partial charge in [0.05, 0.1) is 67.0 Å². The fourth-order valence-corrected chi connectivity index (χ4v) is 7.47. The topological polar surface area (TPSA) is 209 Å². The highest BCUT2D eigenvalue weighted by atomic mass is 16.6. The Hall–Kier alpha value is -3.75. The largest absolute Gasteiger partial charge is 0.481 e. The molecule has 2 N–H and O–H groups in total. The number of amides is 1. The fraction of sp³-hybridized carbons (Fsp3) is 0.837. The molecule has 1 saturated heterocycles. The molecule has 0 bridgehead atoms. The minimum Gasteiger partial charge on any atom is -0.481 e. The monoisotopic (exact) mass is 828 g/mol. The van der Waals surface area contributed by atoms with Gasteiger partial charge in [-0.25, -0.2) is 0 Å². The molecule has 0 radical (unpaired) electrons. The smallest absolute Gasteiger partial charge is 0.311 e. The van der Waals surface area contributed by atoms with Crippen molar-refractivity contribution in [2.45, 2.75) is 140 Å². The molecule has 1 aliphatic heterocycles. The number of carboxylic acids is 1. The van der Waals surface area contributed by atoms with Crippen LogP contribution in [0.4, 0.5) is 0 Å². The lowest BCUT2D eigenvalue weighted by Gasteiger charge is -2.40. The molecule has 15 nitrogen and oxygen atoms in total. The molecule has 58 heavy (non-hydrogen) atoms.